The Morgan fingerprint density at radius 2 is 1.77 bits per heavy atom. The van der Waals surface area contributed by atoms with Gasteiger partial charge in [-0.15, -0.1) is 0 Å². The van der Waals surface area contributed by atoms with E-state index in [0.29, 0.717) is 31.1 Å². The van der Waals surface area contributed by atoms with Crippen LogP contribution in [0, 0.1) is 0 Å². The zero-order valence-electron chi connectivity index (χ0n) is 14.7. The molecule has 3 rings (SSSR count). The van der Waals surface area contributed by atoms with Gasteiger partial charge in [-0.2, -0.15) is 0 Å². The third kappa shape index (κ3) is 4.66. The normalized spacial score (nSPS) is 10.3. The molecule has 0 saturated carbocycles. The SMILES string of the molecule is CCOc1ccccc1NC(=O)N(Cc1ccccc1)Cc1ccco1. The molecule has 1 aromatic heterocycles. The van der Waals surface area contributed by atoms with Crippen molar-refractivity contribution in [1.82, 2.24) is 4.90 Å². The molecule has 2 amide bonds. The van der Waals surface area contributed by atoms with Gasteiger partial charge >= 0.3 is 6.03 Å². The standard InChI is InChI=1S/C21H22N2O3/c1-2-25-20-13-7-6-12-19(20)22-21(24)23(16-18-11-8-14-26-18)15-17-9-4-3-5-10-17/h3-14H,2,15-16H2,1H3,(H,22,24). The minimum absolute atomic E-state index is 0.211. The highest BCUT2D eigenvalue weighted by Gasteiger charge is 2.17. The molecule has 0 bridgehead atoms. The molecule has 2 aromatic carbocycles. The summed E-state index contributed by atoms with van der Waals surface area (Å²) in [6.07, 6.45) is 1.61. The highest BCUT2D eigenvalue weighted by Crippen LogP contribution is 2.24. The average Bonchev–Trinajstić information content (AvgIpc) is 3.17. The van der Waals surface area contributed by atoms with E-state index in [2.05, 4.69) is 5.32 Å². The van der Waals surface area contributed by atoms with Gasteiger partial charge in [-0.25, -0.2) is 4.79 Å². The fourth-order valence-corrected chi connectivity index (χ4v) is 2.64. The van der Waals surface area contributed by atoms with Crippen molar-refractivity contribution in [3.05, 3.63) is 84.3 Å². The summed E-state index contributed by atoms with van der Waals surface area (Å²) in [5.74, 6) is 1.38. The maximum absolute atomic E-state index is 12.9. The maximum Gasteiger partial charge on any atom is 0.322 e. The Morgan fingerprint density at radius 1 is 1.00 bits per heavy atom. The van der Waals surface area contributed by atoms with E-state index in [-0.39, 0.29) is 6.03 Å². The molecular weight excluding hydrogens is 328 g/mol. The topological polar surface area (TPSA) is 54.7 Å². The summed E-state index contributed by atoms with van der Waals surface area (Å²) in [5, 5.41) is 2.95. The summed E-state index contributed by atoms with van der Waals surface area (Å²) in [7, 11) is 0. The minimum atomic E-state index is -0.211. The Hall–Kier alpha value is -3.21. The molecule has 134 valence electrons. The van der Waals surface area contributed by atoms with E-state index >= 15 is 0 Å². The largest absolute Gasteiger partial charge is 0.492 e. The number of benzene rings is 2. The fourth-order valence-electron chi connectivity index (χ4n) is 2.64. The molecule has 0 fully saturated rings. The molecule has 0 aliphatic heterocycles. The zero-order valence-corrected chi connectivity index (χ0v) is 14.7. The Labute approximate surface area is 153 Å². The molecule has 5 heteroatoms. The summed E-state index contributed by atoms with van der Waals surface area (Å²) >= 11 is 0. The number of nitrogens with one attached hydrogen (secondary N) is 1. The molecule has 3 aromatic rings. The number of amides is 2. The van der Waals surface area contributed by atoms with E-state index in [1.54, 1.807) is 11.2 Å². The monoisotopic (exact) mass is 350 g/mol. The van der Waals surface area contributed by atoms with Gasteiger partial charge in [0.2, 0.25) is 0 Å². The Balaban J connectivity index is 1.78. The number of hydrogen-bond acceptors (Lipinski definition) is 3. The summed E-state index contributed by atoms with van der Waals surface area (Å²) in [4.78, 5) is 14.6. The van der Waals surface area contributed by atoms with Gasteiger partial charge in [0.1, 0.15) is 11.5 Å². The van der Waals surface area contributed by atoms with Crippen LogP contribution in [0.25, 0.3) is 0 Å². The van der Waals surface area contributed by atoms with Gasteiger partial charge in [-0.3, -0.25) is 0 Å². The van der Waals surface area contributed by atoms with Crippen molar-refractivity contribution >= 4 is 11.7 Å². The number of urea groups is 1. The lowest BCUT2D eigenvalue weighted by Crippen LogP contribution is -2.34. The predicted octanol–water partition coefficient (Wildman–Crippen LogP) is 4.91. The van der Waals surface area contributed by atoms with E-state index in [4.69, 9.17) is 9.15 Å². The van der Waals surface area contributed by atoms with Crippen LogP contribution in [0.4, 0.5) is 10.5 Å². The second-order valence-corrected chi connectivity index (χ2v) is 5.78. The van der Waals surface area contributed by atoms with Crippen LogP contribution in [0.5, 0.6) is 5.75 Å². The van der Waals surface area contributed by atoms with Crippen molar-refractivity contribution in [2.45, 2.75) is 20.0 Å². The molecule has 0 radical (unpaired) electrons. The van der Waals surface area contributed by atoms with Gasteiger partial charge in [0.25, 0.3) is 0 Å². The van der Waals surface area contributed by atoms with Crippen LogP contribution in [0.2, 0.25) is 0 Å². The van der Waals surface area contributed by atoms with E-state index in [1.165, 1.54) is 0 Å². The number of nitrogens with zero attached hydrogens (tertiary/aromatic N) is 1. The van der Waals surface area contributed by atoms with Gasteiger partial charge in [-0.05, 0) is 36.8 Å². The number of carbonyl (C=O) groups is 1. The van der Waals surface area contributed by atoms with Crippen molar-refractivity contribution in [3.8, 4) is 5.75 Å². The molecule has 0 spiro atoms. The molecular formula is C21H22N2O3. The molecule has 0 saturated heterocycles. The quantitative estimate of drug-likeness (QED) is 0.658. The van der Waals surface area contributed by atoms with Crippen LogP contribution in [0.1, 0.15) is 18.2 Å². The first-order valence-corrected chi connectivity index (χ1v) is 8.60. The lowest BCUT2D eigenvalue weighted by molar-refractivity contribution is 0.201. The predicted molar refractivity (Wildman–Crippen MR) is 101 cm³/mol. The van der Waals surface area contributed by atoms with Crippen LogP contribution in [0.3, 0.4) is 0 Å². The third-order valence-corrected chi connectivity index (χ3v) is 3.86. The van der Waals surface area contributed by atoms with Crippen LogP contribution in [-0.2, 0) is 13.1 Å². The summed E-state index contributed by atoms with van der Waals surface area (Å²) in [5.41, 5.74) is 1.70. The van der Waals surface area contributed by atoms with Crippen molar-refractivity contribution in [2.24, 2.45) is 0 Å². The number of anilines is 1. The number of hydrogen-bond donors (Lipinski definition) is 1. The molecule has 0 atom stereocenters. The highest BCUT2D eigenvalue weighted by atomic mass is 16.5. The molecule has 0 aliphatic carbocycles. The maximum atomic E-state index is 12.9. The van der Waals surface area contributed by atoms with Crippen molar-refractivity contribution in [3.63, 3.8) is 0 Å². The van der Waals surface area contributed by atoms with Gasteiger partial charge in [0, 0.05) is 6.54 Å². The van der Waals surface area contributed by atoms with Gasteiger partial charge in [0.05, 0.1) is 25.1 Å². The summed E-state index contributed by atoms with van der Waals surface area (Å²) in [6, 6.07) is 20.8. The number of para-hydroxylation sites is 2. The molecule has 0 aliphatic rings. The van der Waals surface area contributed by atoms with E-state index in [1.807, 2.05) is 73.7 Å². The number of rotatable bonds is 7. The van der Waals surface area contributed by atoms with Gasteiger partial charge in [0.15, 0.2) is 0 Å². The smallest absolute Gasteiger partial charge is 0.322 e. The molecule has 26 heavy (non-hydrogen) atoms. The highest BCUT2D eigenvalue weighted by molar-refractivity contribution is 5.90. The lowest BCUT2D eigenvalue weighted by Gasteiger charge is -2.23. The average molecular weight is 350 g/mol. The Morgan fingerprint density at radius 3 is 2.50 bits per heavy atom. The zero-order chi connectivity index (χ0) is 18.2. The first-order valence-electron chi connectivity index (χ1n) is 8.60. The molecule has 0 unspecified atom stereocenters. The number of carbonyl (C=O) groups excluding carboxylic acids is 1. The van der Waals surface area contributed by atoms with Gasteiger partial charge < -0.3 is 19.4 Å². The van der Waals surface area contributed by atoms with Crippen molar-refractivity contribution in [1.29, 1.82) is 0 Å². The third-order valence-electron chi connectivity index (χ3n) is 3.86. The fraction of sp³-hybridized carbons (Fsp3) is 0.190. The molecule has 1 N–H and O–H groups in total. The first-order chi connectivity index (χ1) is 12.8. The van der Waals surface area contributed by atoms with Crippen molar-refractivity contribution in [2.75, 3.05) is 11.9 Å². The second kappa shape index (κ2) is 8.76. The second-order valence-electron chi connectivity index (χ2n) is 5.78. The van der Waals surface area contributed by atoms with E-state index in [0.717, 1.165) is 11.3 Å². The van der Waals surface area contributed by atoms with Gasteiger partial charge in [-0.1, -0.05) is 42.5 Å². The molecule has 1 heterocycles. The van der Waals surface area contributed by atoms with Crippen LogP contribution >= 0.6 is 0 Å². The van der Waals surface area contributed by atoms with Crippen LogP contribution in [0.15, 0.2) is 77.4 Å². The first kappa shape index (κ1) is 17.6. The summed E-state index contributed by atoms with van der Waals surface area (Å²) in [6.45, 7) is 3.30. The number of ether oxygens (including phenoxy) is 1. The van der Waals surface area contributed by atoms with Crippen LogP contribution in [-0.4, -0.2) is 17.5 Å². The minimum Gasteiger partial charge on any atom is -0.492 e. The molecule has 5 nitrogen and oxygen atoms in total. The van der Waals surface area contributed by atoms with Crippen LogP contribution < -0.4 is 10.1 Å². The van der Waals surface area contributed by atoms with E-state index < -0.39 is 0 Å². The Bertz CT molecular complexity index is 816. The summed E-state index contributed by atoms with van der Waals surface area (Å²) < 4.78 is 11.0. The van der Waals surface area contributed by atoms with Crippen molar-refractivity contribution < 1.29 is 13.9 Å². The lowest BCUT2D eigenvalue weighted by atomic mass is 10.2. The number of furan rings is 1. The van der Waals surface area contributed by atoms with E-state index in [9.17, 15) is 4.79 Å². The Kier molecular flexibility index (Phi) is 5.93.